The number of Topliss-reactive ketones (excluding diaryl/α,β-unsaturated/α-hetero) is 2. The van der Waals surface area contributed by atoms with E-state index in [1.807, 2.05) is 0 Å². The third-order valence-corrected chi connectivity index (χ3v) is 2.45. The van der Waals surface area contributed by atoms with E-state index in [4.69, 9.17) is 0 Å². The van der Waals surface area contributed by atoms with Gasteiger partial charge in [0.2, 0.25) is 0 Å². The van der Waals surface area contributed by atoms with Crippen molar-refractivity contribution in [1.82, 2.24) is 0 Å². The Morgan fingerprint density at radius 2 is 1.47 bits per heavy atom. The van der Waals surface area contributed by atoms with Gasteiger partial charge in [0.1, 0.15) is 11.6 Å². The van der Waals surface area contributed by atoms with Crippen LogP contribution in [0.5, 0.6) is 0 Å². The quantitative estimate of drug-likeness (QED) is 0.471. The maximum absolute atomic E-state index is 11.3. The molecular weight excluding hydrogens is 212 g/mol. The molecule has 0 fully saturated rings. The van der Waals surface area contributed by atoms with Crippen LogP contribution in [0.2, 0.25) is 0 Å². The fraction of sp³-hybridized carbons (Fsp3) is 0.600. The molecule has 96 valence electrons. The van der Waals surface area contributed by atoms with Crippen LogP contribution in [0.25, 0.3) is 0 Å². The lowest BCUT2D eigenvalue weighted by Gasteiger charge is -1.99. The first kappa shape index (κ1) is 15.8. The Hall–Kier alpha value is -1.18. The molecule has 0 unspecified atom stereocenters. The largest absolute Gasteiger partial charge is 0.300 e. The maximum atomic E-state index is 11.3. The molecule has 0 aliphatic heterocycles. The van der Waals surface area contributed by atoms with E-state index >= 15 is 0 Å². The van der Waals surface area contributed by atoms with Crippen LogP contribution in [0.4, 0.5) is 0 Å². The second kappa shape index (κ2) is 8.91. The summed E-state index contributed by atoms with van der Waals surface area (Å²) >= 11 is 0. The number of carbonyl (C=O) groups excluding carboxylic acids is 2. The van der Waals surface area contributed by atoms with Crippen LogP contribution in [-0.2, 0) is 9.59 Å². The van der Waals surface area contributed by atoms with Gasteiger partial charge < -0.3 is 0 Å². The molecule has 0 aliphatic rings. The zero-order chi connectivity index (χ0) is 13.3. The monoisotopic (exact) mass is 236 g/mol. The molecule has 0 aliphatic carbocycles. The second-order valence-electron chi connectivity index (χ2n) is 4.83. The average Bonchev–Trinajstić information content (AvgIpc) is 2.15. The smallest absolute Gasteiger partial charge is 0.140 e. The summed E-state index contributed by atoms with van der Waals surface area (Å²) in [5.74, 6) is 0.00473. The summed E-state index contributed by atoms with van der Waals surface area (Å²) in [6, 6.07) is 0. The summed E-state index contributed by atoms with van der Waals surface area (Å²) in [6.07, 6.45) is 7.77. The summed E-state index contributed by atoms with van der Waals surface area (Å²) in [6.45, 7) is 7.74. The molecule has 0 N–H and O–H groups in total. The van der Waals surface area contributed by atoms with Gasteiger partial charge in [-0.2, -0.15) is 0 Å². The standard InChI is InChI=1S/C15H24O2/c1-12(2)7-5-8-13(3)9-6-10-15(17)11-14(4)16/h7,9H,5-6,8,10-11H2,1-4H3/b13-9+. The Bertz CT molecular complexity index is 318. The number of rotatable bonds is 8. The Morgan fingerprint density at radius 3 is 2.00 bits per heavy atom. The first-order valence-electron chi connectivity index (χ1n) is 6.22. The minimum atomic E-state index is -0.0424. The third-order valence-electron chi connectivity index (χ3n) is 2.45. The van der Waals surface area contributed by atoms with E-state index in [9.17, 15) is 9.59 Å². The highest BCUT2D eigenvalue weighted by Gasteiger charge is 2.03. The topological polar surface area (TPSA) is 34.1 Å². The molecule has 0 radical (unpaired) electrons. The molecule has 0 heterocycles. The van der Waals surface area contributed by atoms with Crippen molar-refractivity contribution >= 4 is 11.6 Å². The van der Waals surface area contributed by atoms with Gasteiger partial charge in [-0.1, -0.05) is 23.3 Å². The molecule has 2 nitrogen and oxygen atoms in total. The molecule has 0 aromatic rings. The van der Waals surface area contributed by atoms with Crippen molar-refractivity contribution in [3.05, 3.63) is 23.3 Å². The van der Waals surface area contributed by atoms with Crippen molar-refractivity contribution in [2.24, 2.45) is 0 Å². The van der Waals surface area contributed by atoms with Crippen molar-refractivity contribution in [1.29, 1.82) is 0 Å². The summed E-state index contributed by atoms with van der Waals surface area (Å²) in [5.41, 5.74) is 2.66. The van der Waals surface area contributed by atoms with E-state index in [0.29, 0.717) is 6.42 Å². The first-order valence-corrected chi connectivity index (χ1v) is 6.22. The molecular formula is C15H24O2. The molecule has 0 atom stereocenters. The number of allylic oxidation sites excluding steroid dienone is 4. The lowest BCUT2D eigenvalue weighted by Crippen LogP contribution is -2.03. The van der Waals surface area contributed by atoms with Crippen molar-refractivity contribution in [2.45, 2.75) is 59.8 Å². The lowest BCUT2D eigenvalue weighted by atomic mass is 10.1. The minimum Gasteiger partial charge on any atom is -0.300 e. The highest BCUT2D eigenvalue weighted by Crippen LogP contribution is 2.09. The summed E-state index contributed by atoms with van der Waals surface area (Å²) in [5, 5.41) is 0. The number of hydrogen-bond acceptors (Lipinski definition) is 2. The molecule has 0 spiro atoms. The predicted octanol–water partition coefficient (Wildman–Crippen LogP) is 4.01. The van der Waals surface area contributed by atoms with Crippen LogP contribution in [0, 0.1) is 0 Å². The van der Waals surface area contributed by atoms with Crippen LogP contribution >= 0.6 is 0 Å². The highest BCUT2D eigenvalue weighted by atomic mass is 16.1. The van der Waals surface area contributed by atoms with E-state index < -0.39 is 0 Å². The van der Waals surface area contributed by atoms with Gasteiger partial charge in [0.25, 0.3) is 0 Å². The molecule has 2 heteroatoms. The Kier molecular flexibility index (Phi) is 8.29. The van der Waals surface area contributed by atoms with E-state index in [-0.39, 0.29) is 18.0 Å². The highest BCUT2D eigenvalue weighted by molar-refractivity contribution is 5.97. The zero-order valence-corrected chi connectivity index (χ0v) is 11.5. The molecule has 0 bridgehead atoms. The van der Waals surface area contributed by atoms with Crippen molar-refractivity contribution in [3.8, 4) is 0 Å². The summed E-state index contributed by atoms with van der Waals surface area (Å²) < 4.78 is 0. The number of ketones is 2. The molecule has 0 aromatic heterocycles. The molecule has 17 heavy (non-hydrogen) atoms. The van der Waals surface area contributed by atoms with Gasteiger partial charge in [0.15, 0.2) is 0 Å². The Balaban J connectivity index is 3.80. The van der Waals surface area contributed by atoms with E-state index in [2.05, 4.69) is 32.9 Å². The Morgan fingerprint density at radius 1 is 0.882 bits per heavy atom. The van der Waals surface area contributed by atoms with Crippen LogP contribution in [0.1, 0.15) is 59.8 Å². The number of carbonyl (C=O) groups is 2. The minimum absolute atomic E-state index is 0.0424. The average molecular weight is 236 g/mol. The summed E-state index contributed by atoms with van der Waals surface area (Å²) in [7, 11) is 0. The first-order chi connectivity index (χ1) is 7.91. The predicted molar refractivity (Wildman–Crippen MR) is 72.0 cm³/mol. The summed E-state index contributed by atoms with van der Waals surface area (Å²) in [4.78, 5) is 22.0. The van der Waals surface area contributed by atoms with E-state index in [1.54, 1.807) is 0 Å². The Labute approximate surface area is 105 Å². The molecule has 0 rings (SSSR count). The van der Waals surface area contributed by atoms with Gasteiger partial charge in [0, 0.05) is 6.42 Å². The molecule has 0 saturated carbocycles. The number of hydrogen-bond donors (Lipinski definition) is 0. The molecule has 0 aromatic carbocycles. The SMILES string of the molecule is CC(=O)CC(=O)CC/C=C(\C)CCC=C(C)C. The van der Waals surface area contributed by atoms with Gasteiger partial charge >= 0.3 is 0 Å². The van der Waals surface area contributed by atoms with E-state index in [0.717, 1.165) is 19.3 Å². The van der Waals surface area contributed by atoms with Gasteiger partial charge in [-0.3, -0.25) is 9.59 Å². The van der Waals surface area contributed by atoms with Crippen LogP contribution in [0.15, 0.2) is 23.3 Å². The lowest BCUT2D eigenvalue weighted by molar-refractivity contribution is -0.125. The van der Waals surface area contributed by atoms with Gasteiger partial charge in [-0.15, -0.1) is 0 Å². The molecule has 0 amide bonds. The molecule has 0 saturated heterocycles. The van der Waals surface area contributed by atoms with E-state index in [1.165, 1.54) is 18.1 Å². The van der Waals surface area contributed by atoms with Crippen molar-refractivity contribution in [3.63, 3.8) is 0 Å². The third kappa shape index (κ3) is 11.1. The second-order valence-corrected chi connectivity index (χ2v) is 4.83. The van der Waals surface area contributed by atoms with Crippen molar-refractivity contribution < 1.29 is 9.59 Å². The van der Waals surface area contributed by atoms with Crippen LogP contribution < -0.4 is 0 Å². The fourth-order valence-corrected chi connectivity index (χ4v) is 1.54. The van der Waals surface area contributed by atoms with Crippen LogP contribution in [-0.4, -0.2) is 11.6 Å². The van der Waals surface area contributed by atoms with Crippen LogP contribution in [0.3, 0.4) is 0 Å². The normalized spacial score (nSPS) is 11.2. The zero-order valence-electron chi connectivity index (χ0n) is 11.5. The van der Waals surface area contributed by atoms with Crippen molar-refractivity contribution in [2.75, 3.05) is 0 Å². The van der Waals surface area contributed by atoms with Gasteiger partial charge in [-0.25, -0.2) is 0 Å². The van der Waals surface area contributed by atoms with Gasteiger partial charge in [0.05, 0.1) is 6.42 Å². The van der Waals surface area contributed by atoms with Gasteiger partial charge in [-0.05, 0) is 47.0 Å². The maximum Gasteiger partial charge on any atom is 0.140 e. The fourth-order valence-electron chi connectivity index (χ4n) is 1.54.